The first-order chi connectivity index (χ1) is 22.4. The molecule has 2 unspecified atom stereocenters. The number of pyridine rings is 2. The molecule has 4 bridgehead atoms. The van der Waals surface area contributed by atoms with Crippen molar-refractivity contribution >= 4 is 44.0 Å². The van der Waals surface area contributed by atoms with Crippen molar-refractivity contribution in [2.24, 2.45) is 23.2 Å². The third kappa shape index (κ3) is 4.61. The molecule has 0 saturated heterocycles. The molecule has 4 aliphatic rings. The number of hydrogen-bond acceptors (Lipinski definition) is 7. The summed E-state index contributed by atoms with van der Waals surface area (Å²) in [7, 11) is 0. The zero-order valence-electron chi connectivity index (χ0n) is 25.7. The summed E-state index contributed by atoms with van der Waals surface area (Å²) < 4.78 is 5.09. The molecule has 0 radical (unpaired) electrons. The topological polar surface area (TPSA) is 110 Å². The average molecular weight is 630 g/mol. The van der Waals surface area contributed by atoms with E-state index in [0.29, 0.717) is 22.3 Å². The molecule has 10 heteroatoms. The van der Waals surface area contributed by atoms with Crippen LogP contribution in [0, 0.1) is 30.1 Å². The molecule has 4 aliphatic carbocycles. The van der Waals surface area contributed by atoms with Crippen LogP contribution in [0.3, 0.4) is 0 Å². The number of imidazole rings is 1. The van der Waals surface area contributed by atoms with E-state index in [1.807, 2.05) is 53.2 Å². The molecule has 2 atom stereocenters. The second kappa shape index (κ2) is 10.5. The molecule has 9 nitrogen and oxygen atoms in total. The van der Waals surface area contributed by atoms with E-state index in [4.69, 9.17) is 5.10 Å². The van der Waals surface area contributed by atoms with Crippen molar-refractivity contribution in [2.75, 3.05) is 5.32 Å². The highest BCUT2D eigenvalue weighted by Gasteiger charge is 2.48. The molecule has 4 saturated carbocycles. The lowest BCUT2D eigenvalue weighted by atomic mass is 9.58. The minimum atomic E-state index is -1.01. The van der Waals surface area contributed by atoms with Gasteiger partial charge in [0.05, 0.1) is 45.9 Å². The monoisotopic (exact) mass is 629 g/mol. The highest BCUT2D eigenvalue weighted by Crippen LogP contribution is 2.58. The van der Waals surface area contributed by atoms with Gasteiger partial charge in [0.2, 0.25) is 0 Å². The summed E-state index contributed by atoms with van der Waals surface area (Å²) in [6.45, 7) is 3.01. The van der Waals surface area contributed by atoms with E-state index < -0.39 is 5.97 Å². The molecule has 5 aromatic heterocycles. The number of para-hydroxylation sites is 1. The second-order valence-electron chi connectivity index (χ2n) is 13.9. The molecule has 0 aliphatic heterocycles. The lowest BCUT2D eigenvalue weighted by Gasteiger charge is -2.48. The molecule has 2 N–H and O–H groups in total. The van der Waals surface area contributed by atoms with E-state index in [1.165, 1.54) is 44.9 Å². The average Bonchev–Trinajstić information content (AvgIpc) is 3.71. The maximum absolute atomic E-state index is 12.8. The Morgan fingerprint density at radius 1 is 0.978 bits per heavy atom. The van der Waals surface area contributed by atoms with Crippen molar-refractivity contribution < 1.29 is 9.90 Å². The van der Waals surface area contributed by atoms with Crippen molar-refractivity contribution in [1.29, 1.82) is 0 Å². The van der Waals surface area contributed by atoms with Gasteiger partial charge in [0.15, 0.2) is 10.8 Å². The van der Waals surface area contributed by atoms with Crippen LogP contribution in [0.25, 0.3) is 38.4 Å². The maximum atomic E-state index is 12.8. The fraction of sp³-hybridized carbons (Fsp3) is 0.361. The lowest BCUT2D eigenvalue weighted by Crippen LogP contribution is -2.40. The van der Waals surface area contributed by atoms with Crippen molar-refractivity contribution in [3.8, 4) is 22.5 Å². The molecule has 10 rings (SSSR count). The summed E-state index contributed by atoms with van der Waals surface area (Å²) in [5.74, 6) is 1.58. The molecule has 0 amide bonds. The highest BCUT2D eigenvalue weighted by atomic mass is 32.1. The Balaban J connectivity index is 1.01. The van der Waals surface area contributed by atoms with Crippen molar-refractivity contribution in [1.82, 2.24) is 29.1 Å². The number of anilines is 2. The fourth-order valence-corrected chi connectivity index (χ4v) is 9.98. The van der Waals surface area contributed by atoms with Gasteiger partial charge in [-0.05, 0) is 92.5 Å². The van der Waals surface area contributed by atoms with E-state index >= 15 is 0 Å². The molecular weight excluding hydrogens is 595 g/mol. The number of hydrogen-bond donors (Lipinski definition) is 2. The van der Waals surface area contributed by atoms with Gasteiger partial charge in [-0.3, -0.25) is 14.1 Å². The highest BCUT2D eigenvalue weighted by molar-refractivity contribution is 7.22. The van der Waals surface area contributed by atoms with Crippen LogP contribution < -0.4 is 5.32 Å². The molecule has 0 spiro atoms. The van der Waals surface area contributed by atoms with Crippen LogP contribution in [0.15, 0.2) is 67.3 Å². The van der Waals surface area contributed by atoms with Gasteiger partial charge in [-0.1, -0.05) is 36.3 Å². The van der Waals surface area contributed by atoms with Gasteiger partial charge in [0.25, 0.3) is 0 Å². The van der Waals surface area contributed by atoms with E-state index in [2.05, 4.69) is 37.9 Å². The minimum Gasteiger partial charge on any atom is -0.478 e. The normalized spacial score (nSPS) is 23.7. The number of carboxylic acids is 1. The molecule has 46 heavy (non-hydrogen) atoms. The van der Waals surface area contributed by atoms with Crippen LogP contribution in [0.5, 0.6) is 0 Å². The number of carboxylic acid groups (broad SMARTS) is 1. The van der Waals surface area contributed by atoms with Gasteiger partial charge in [-0.15, -0.1) is 0 Å². The van der Waals surface area contributed by atoms with Crippen molar-refractivity contribution in [2.45, 2.75) is 58.4 Å². The van der Waals surface area contributed by atoms with Crippen LogP contribution in [0.2, 0.25) is 0 Å². The summed E-state index contributed by atoms with van der Waals surface area (Å²) in [6.07, 6.45) is 16.7. The summed E-state index contributed by atoms with van der Waals surface area (Å²) >= 11 is 1.59. The zero-order valence-corrected chi connectivity index (χ0v) is 26.5. The predicted molar refractivity (Wildman–Crippen MR) is 179 cm³/mol. The molecular formula is C36H35N7O2S. The summed E-state index contributed by atoms with van der Waals surface area (Å²) in [5.41, 5.74) is 6.61. The van der Waals surface area contributed by atoms with Gasteiger partial charge in [-0.2, -0.15) is 5.10 Å². The number of carbonyl (C=O) groups is 1. The number of benzene rings is 1. The Morgan fingerprint density at radius 3 is 2.54 bits per heavy atom. The SMILES string of the molecule is Cc1c(-c2ccn3c(-c4ccc(Nc5nc6ccccc6s5)cn4)cnc3c2C(=O)O)cnn1CC12CC3CCC(CC(C3)C1)C2. The van der Waals surface area contributed by atoms with Crippen molar-refractivity contribution in [3.05, 3.63) is 78.5 Å². The van der Waals surface area contributed by atoms with Gasteiger partial charge in [-0.25, -0.2) is 14.8 Å². The zero-order chi connectivity index (χ0) is 31.0. The number of rotatable bonds is 7. The Kier molecular flexibility index (Phi) is 6.32. The predicted octanol–water partition coefficient (Wildman–Crippen LogP) is 8.23. The summed E-state index contributed by atoms with van der Waals surface area (Å²) in [4.78, 5) is 26.7. The van der Waals surface area contributed by atoms with Crippen LogP contribution in [-0.2, 0) is 6.54 Å². The van der Waals surface area contributed by atoms with Crippen LogP contribution in [0.1, 0.15) is 61.0 Å². The number of aromatic carboxylic acids is 1. The van der Waals surface area contributed by atoms with E-state index in [-0.39, 0.29) is 5.56 Å². The van der Waals surface area contributed by atoms with Crippen LogP contribution in [0.4, 0.5) is 10.8 Å². The summed E-state index contributed by atoms with van der Waals surface area (Å²) in [5, 5.41) is 19.5. The minimum absolute atomic E-state index is 0.178. The Bertz CT molecular complexity index is 2080. The van der Waals surface area contributed by atoms with E-state index in [1.54, 1.807) is 23.7 Å². The van der Waals surface area contributed by atoms with E-state index in [0.717, 1.165) is 62.3 Å². The largest absolute Gasteiger partial charge is 0.478 e. The number of aromatic nitrogens is 6. The second-order valence-corrected chi connectivity index (χ2v) is 14.9. The first kappa shape index (κ1) is 27.7. The number of nitrogens with zero attached hydrogens (tertiary/aromatic N) is 6. The van der Waals surface area contributed by atoms with Crippen LogP contribution >= 0.6 is 11.3 Å². The first-order valence-corrected chi connectivity index (χ1v) is 17.1. The third-order valence-corrected chi connectivity index (χ3v) is 11.8. The number of fused-ring (bicyclic) bond motifs is 3. The van der Waals surface area contributed by atoms with Crippen LogP contribution in [-0.4, -0.2) is 40.2 Å². The van der Waals surface area contributed by atoms with E-state index in [9.17, 15) is 9.90 Å². The standard InChI is InChI=1S/C36H35N7O2S/c1-21-27(18-39-43(21)20-36-14-22-6-7-23(15-36)13-24(12-22)16-36)26-10-11-42-30(19-38-33(42)32(26)34(44)45)28-9-8-25(17-37-28)40-35-41-29-4-2-3-5-31(29)46-35/h2-5,8-11,17-19,22-24H,6-7,12-16,20H2,1H3,(H,40,41)(H,44,45). The molecule has 6 aromatic rings. The Hall–Kier alpha value is -4.57. The first-order valence-electron chi connectivity index (χ1n) is 16.3. The summed E-state index contributed by atoms with van der Waals surface area (Å²) in [6, 6.07) is 13.8. The fourth-order valence-electron chi connectivity index (χ4n) is 9.10. The molecule has 232 valence electrons. The third-order valence-electron chi connectivity index (χ3n) is 10.8. The molecule has 1 aromatic carbocycles. The lowest BCUT2D eigenvalue weighted by molar-refractivity contribution is 0.0169. The van der Waals surface area contributed by atoms with Gasteiger partial charge >= 0.3 is 5.97 Å². The maximum Gasteiger partial charge on any atom is 0.340 e. The van der Waals surface area contributed by atoms with Gasteiger partial charge in [0.1, 0.15) is 5.56 Å². The Labute approximate surface area is 270 Å². The number of thiazole rings is 1. The van der Waals surface area contributed by atoms with Gasteiger partial charge in [0, 0.05) is 29.6 Å². The quantitative estimate of drug-likeness (QED) is 0.183. The number of nitrogens with one attached hydrogen (secondary N) is 1. The smallest absolute Gasteiger partial charge is 0.340 e. The molecule has 5 heterocycles. The van der Waals surface area contributed by atoms with Gasteiger partial charge < -0.3 is 10.4 Å². The van der Waals surface area contributed by atoms with Crippen molar-refractivity contribution in [3.63, 3.8) is 0 Å². The molecule has 4 fully saturated rings. The Morgan fingerprint density at radius 2 is 1.78 bits per heavy atom.